The van der Waals surface area contributed by atoms with Gasteiger partial charge in [0.05, 0.1) is 20.6 Å². The summed E-state index contributed by atoms with van der Waals surface area (Å²) in [7, 11) is 3.11. The maximum absolute atomic E-state index is 13.3. The highest BCUT2D eigenvalue weighted by Crippen LogP contribution is 2.28. The lowest BCUT2D eigenvalue weighted by atomic mass is 10.1. The first-order valence-electron chi connectivity index (χ1n) is 11.0. The third-order valence-corrected chi connectivity index (χ3v) is 5.46. The van der Waals surface area contributed by atoms with Gasteiger partial charge in [-0.2, -0.15) is 0 Å². The zero-order chi connectivity index (χ0) is 24.2. The van der Waals surface area contributed by atoms with Crippen LogP contribution in [0.3, 0.4) is 0 Å². The number of carbonyl (C=O) groups excluding carboxylic acids is 2. The Balaban J connectivity index is 2.16. The van der Waals surface area contributed by atoms with Crippen molar-refractivity contribution in [3.8, 4) is 11.5 Å². The molecular formula is C25H33ClN2O5. The molecular weight excluding hydrogens is 444 g/mol. The third kappa shape index (κ3) is 8.26. The number of halogens is 1. The molecule has 0 aromatic heterocycles. The second kappa shape index (κ2) is 13.7. The van der Waals surface area contributed by atoms with Gasteiger partial charge in [0.15, 0.2) is 11.5 Å². The predicted molar refractivity (Wildman–Crippen MR) is 129 cm³/mol. The van der Waals surface area contributed by atoms with E-state index in [0.717, 1.165) is 11.1 Å². The molecule has 2 rings (SSSR count). The average Bonchev–Trinajstić information content (AvgIpc) is 2.82. The van der Waals surface area contributed by atoms with Gasteiger partial charge >= 0.3 is 0 Å². The summed E-state index contributed by atoms with van der Waals surface area (Å²) in [4.78, 5) is 27.7. The van der Waals surface area contributed by atoms with E-state index in [1.54, 1.807) is 50.3 Å². The number of amides is 2. The van der Waals surface area contributed by atoms with Crippen molar-refractivity contribution in [1.82, 2.24) is 10.2 Å². The molecule has 0 heterocycles. The van der Waals surface area contributed by atoms with E-state index in [9.17, 15) is 9.59 Å². The summed E-state index contributed by atoms with van der Waals surface area (Å²) >= 11 is 6.00. The smallest absolute Gasteiger partial charge is 0.242 e. The van der Waals surface area contributed by atoms with Crippen LogP contribution in [0.15, 0.2) is 42.5 Å². The summed E-state index contributed by atoms with van der Waals surface area (Å²) < 4.78 is 15.9. The molecule has 2 aromatic carbocycles. The summed E-state index contributed by atoms with van der Waals surface area (Å²) in [6, 6.07) is 11.9. The van der Waals surface area contributed by atoms with E-state index in [1.165, 1.54) is 0 Å². The SMILES string of the molecule is CCOCCCNC(=O)[C@H](C)N(Cc1ccc(Cl)cc1)C(=O)Cc1ccc(OC)c(OC)c1. The number of carbonyl (C=O) groups is 2. The number of nitrogens with one attached hydrogen (secondary N) is 1. The van der Waals surface area contributed by atoms with E-state index in [0.29, 0.717) is 42.7 Å². The summed E-state index contributed by atoms with van der Waals surface area (Å²) in [5, 5.41) is 3.51. The number of ether oxygens (including phenoxy) is 3. The van der Waals surface area contributed by atoms with Gasteiger partial charge in [-0.25, -0.2) is 0 Å². The number of hydrogen-bond donors (Lipinski definition) is 1. The van der Waals surface area contributed by atoms with Gasteiger partial charge in [-0.05, 0) is 55.7 Å². The van der Waals surface area contributed by atoms with Crippen molar-refractivity contribution in [2.75, 3.05) is 34.0 Å². The summed E-state index contributed by atoms with van der Waals surface area (Å²) in [5.41, 5.74) is 1.65. The van der Waals surface area contributed by atoms with Crippen molar-refractivity contribution in [3.05, 3.63) is 58.6 Å². The Morgan fingerprint density at radius 2 is 1.70 bits per heavy atom. The molecule has 0 radical (unpaired) electrons. The van der Waals surface area contributed by atoms with Gasteiger partial charge in [0.25, 0.3) is 0 Å². The van der Waals surface area contributed by atoms with Crippen LogP contribution in [-0.2, 0) is 27.3 Å². The van der Waals surface area contributed by atoms with Crippen LogP contribution in [0.25, 0.3) is 0 Å². The van der Waals surface area contributed by atoms with Gasteiger partial charge in [-0.1, -0.05) is 29.8 Å². The lowest BCUT2D eigenvalue weighted by molar-refractivity contribution is -0.140. The van der Waals surface area contributed by atoms with E-state index in [4.69, 9.17) is 25.8 Å². The Morgan fingerprint density at radius 3 is 2.33 bits per heavy atom. The molecule has 2 amide bonds. The predicted octanol–water partition coefficient (Wildman–Crippen LogP) is 3.86. The molecule has 0 spiro atoms. The summed E-state index contributed by atoms with van der Waals surface area (Å²) in [6.45, 7) is 5.67. The second-order valence-electron chi connectivity index (χ2n) is 7.53. The Morgan fingerprint density at radius 1 is 1.03 bits per heavy atom. The van der Waals surface area contributed by atoms with Crippen LogP contribution in [0.1, 0.15) is 31.4 Å². The van der Waals surface area contributed by atoms with Crippen LogP contribution in [0.2, 0.25) is 5.02 Å². The van der Waals surface area contributed by atoms with E-state index < -0.39 is 6.04 Å². The molecule has 8 heteroatoms. The number of nitrogens with zero attached hydrogens (tertiary/aromatic N) is 1. The summed E-state index contributed by atoms with van der Waals surface area (Å²) in [5.74, 6) is 0.758. The average molecular weight is 477 g/mol. The Labute approximate surface area is 201 Å². The van der Waals surface area contributed by atoms with Gasteiger partial charge in [0, 0.05) is 31.3 Å². The lowest BCUT2D eigenvalue weighted by Gasteiger charge is -2.29. The zero-order valence-electron chi connectivity index (χ0n) is 19.7. The minimum absolute atomic E-state index is 0.121. The van der Waals surface area contributed by atoms with Crippen molar-refractivity contribution in [3.63, 3.8) is 0 Å². The van der Waals surface area contributed by atoms with E-state index in [-0.39, 0.29) is 24.8 Å². The third-order valence-electron chi connectivity index (χ3n) is 5.21. The fourth-order valence-electron chi connectivity index (χ4n) is 3.31. The molecule has 2 aromatic rings. The minimum atomic E-state index is -0.652. The molecule has 1 atom stereocenters. The quantitative estimate of drug-likeness (QED) is 0.444. The van der Waals surface area contributed by atoms with Gasteiger partial charge in [-0.15, -0.1) is 0 Å². The van der Waals surface area contributed by atoms with Crippen molar-refractivity contribution in [2.24, 2.45) is 0 Å². The minimum Gasteiger partial charge on any atom is -0.493 e. The first-order valence-corrected chi connectivity index (χ1v) is 11.4. The first kappa shape index (κ1) is 26.5. The van der Waals surface area contributed by atoms with Crippen LogP contribution < -0.4 is 14.8 Å². The molecule has 0 fully saturated rings. The number of hydrogen-bond acceptors (Lipinski definition) is 5. The maximum Gasteiger partial charge on any atom is 0.242 e. The molecule has 0 aliphatic heterocycles. The lowest BCUT2D eigenvalue weighted by Crippen LogP contribution is -2.48. The maximum atomic E-state index is 13.3. The first-order chi connectivity index (χ1) is 15.9. The van der Waals surface area contributed by atoms with Crippen molar-refractivity contribution in [1.29, 1.82) is 0 Å². The fourth-order valence-corrected chi connectivity index (χ4v) is 3.44. The largest absolute Gasteiger partial charge is 0.493 e. The highest BCUT2D eigenvalue weighted by atomic mass is 35.5. The normalized spacial score (nSPS) is 11.5. The van der Waals surface area contributed by atoms with E-state index in [2.05, 4.69) is 5.32 Å². The number of methoxy groups -OCH3 is 2. The monoisotopic (exact) mass is 476 g/mol. The molecule has 0 saturated heterocycles. The molecule has 0 unspecified atom stereocenters. The molecule has 1 N–H and O–H groups in total. The van der Waals surface area contributed by atoms with Crippen molar-refractivity contribution >= 4 is 23.4 Å². The molecule has 0 saturated carbocycles. The Kier molecular flexibility index (Phi) is 11.0. The van der Waals surface area contributed by atoms with Crippen LogP contribution in [-0.4, -0.2) is 56.7 Å². The van der Waals surface area contributed by atoms with Gasteiger partial charge in [0.1, 0.15) is 6.04 Å². The molecule has 0 aliphatic rings. The molecule has 7 nitrogen and oxygen atoms in total. The molecule has 0 bridgehead atoms. The van der Waals surface area contributed by atoms with Crippen LogP contribution in [0, 0.1) is 0 Å². The number of rotatable bonds is 13. The molecule has 0 aliphatic carbocycles. The zero-order valence-corrected chi connectivity index (χ0v) is 20.5. The number of benzene rings is 2. The van der Waals surface area contributed by atoms with Gasteiger partial charge in [-0.3, -0.25) is 9.59 Å². The van der Waals surface area contributed by atoms with Gasteiger partial charge < -0.3 is 24.4 Å². The van der Waals surface area contributed by atoms with Crippen LogP contribution in [0.4, 0.5) is 0 Å². The molecule has 33 heavy (non-hydrogen) atoms. The second-order valence-corrected chi connectivity index (χ2v) is 7.97. The Bertz CT molecular complexity index is 904. The Hall–Kier alpha value is -2.77. The topological polar surface area (TPSA) is 77.1 Å². The van der Waals surface area contributed by atoms with Crippen molar-refractivity contribution in [2.45, 2.75) is 39.3 Å². The van der Waals surface area contributed by atoms with E-state index in [1.807, 2.05) is 25.1 Å². The summed E-state index contributed by atoms with van der Waals surface area (Å²) in [6.07, 6.45) is 0.832. The van der Waals surface area contributed by atoms with Gasteiger partial charge in [0.2, 0.25) is 11.8 Å². The van der Waals surface area contributed by atoms with Crippen LogP contribution >= 0.6 is 11.6 Å². The standard InChI is InChI=1S/C25H33ClN2O5/c1-5-33-14-6-13-27-25(30)18(2)28(17-19-7-10-21(26)11-8-19)24(29)16-20-9-12-22(31-3)23(15-20)32-4/h7-12,15,18H,5-6,13-14,16-17H2,1-4H3,(H,27,30)/t18-/m0/s1. The fraction of sp³-hybridized carbons (Fsp3) is 0.440. The van der Waals surface area contributed by atoms with E-state index >= 15 is 0 Å². The highest BCUT2D eigenvalue weighted by molar-refractivity contribution is 6.30. The molecule has 180 valence electrons. The van der Waals surface area contributed by atoms with Crippen LogP contribution in [0.5, 0.6) is 11.5 Å². The highest BCUT2D eigenvalue weighted by Gasteiger charge is 2.26. The van der Waals surface area contributed by atoms with Crippen molar-refractivity contribution < 1.29 is 23.8 Å².